The number of hydrogen-bond donors (Lipinski definition) is 2. The Morgan fingerprint density at radius 2 is 2.19 bits per heavy atom. The van der Waals surface area contributed by atoms with Crippen LogP contribution in [0.25, 0.3) is 0 Å². The van der Waals surface area contributed by atoms with Crippen LogP contribution in [0.2, 0.25) is 0 Å². The fourth-order valence-electron chi connectivity index (χ4n) is 2.48. The second-order valence-electron chi connectivity index (χ2n) is 5.20. The molecule has 2 rings (SSSR count). The van der Waals surface area contributed by atoms with Crippen molar-refractivity contribution in [1.29, 1.82) is 0 Å². The Balaban J connectivity index is 1.99. The number of nitrogens with zero attached hydrogens (tertiary/aromatic N) is 2. The minimum Gasteiger partial charge on any atom is -0.397 e. The standard InChI is InChI=1S/C15H24N4OS/c1-3-5-17-15(20)14-12(16)11-13(21-14)19-9-7-18(6-4-2)8-10-19/h3,11H,1,4-10,16H2,2H3,(H,17,20). The van der Waals surface area contributed by atoms with Gasteiger partial charge in [0.15, 0.2) is 0 Å². The number of carbonyl (C=O) groups excluding carboxylic acids is 1. The van der Waals surface area contributed by atoms with Crippen molar-refractivity contribution in [2.75, 3.05) is 49.9 Å². The quantitative estimate of drug-likeness (QED) is 0.787. The van der Waals surface area contributed by atoms with E-state index in [4.69, 9.17) is 5.73 Å². The lowest BCUT2D eigenvalue weighted by Gasteiger charge is -2.35. The number of nitrogens with two attached hydrogens (primary N) is 1. The molecule has 1 aliphatic rings. The first-order valence-electron chi connectivity index (χ1n) is 7.41. The molecule has 0 bridgehead atoms. The Morgan fingerprint density at radius 3 is 2.81 bits per heavy atom. The molecule has 1 amide bonds. The Bertz CT molecular complexity index is 492. The van der Waals surface area contributed by atoms with Gasteiger partial charge in [0.25, 0.3) is 5.91 Å². The Hall–Kier alpha value is -1.53. The smallest absolute Gasteiger partial charge is 0.263 e. The van der Waals surface area contributed by atoms with Gasteiger partial charge in [0.05, 0.1) is 10.7 Å². The third kappa shape index (κ3) is 3.98. The van der Waals surface area contributed by atoms with Gasteiger partial charge in [-0.15, -0.1) is 17.9 Å². The van der Waals surface area contributed by atoms with Crippen molar-refractivity contribution in [3.8, 4) is 0 Å². The lowest BCUT2D eigenvalue weighted by Crippen LogP contribution is -2.46. The van der Waals surface area contributed by atoms with Gasteiger partial charge in [0.2, 0.25) is 0 Å². The van der Waals surface area contributed by atoms with Crippen LogP contribution in [0.15, 0.2) is 18.7 Å². The van der Waals surface area contributed by atoms with Crippen LogP contribution < -0.4 is 16.0 Å². The van der Waals surface area contributed by atoms with Crippen LogP contribution in [-0.4, -0.2) is 50.1 Å². The van der Waals surface area contributed by atoms with Crippen LogP contribution in [-0.2, 0) is 0 Å². The van der Waals surface area contributed by atoms with Crippen molar-refractivity contribution in [2.24, 2.45) is 0 Å². The maximum absolute atomic E-state index is 12.0. The largest absolute Gasteiger partial charge is 0.397 e. The molecule has 0 atom stereocenters. The molecular weight excluding hydrogens is 284 g/mol. The third-order valence-corrected chi connectivity index (χ3v) is 4.80. The van der Waals surface area contributed by atoms with Crippen LogP contribution in [0.4, 0.5) is 10.7 Å². The zero-order valence-corrected chi connectivity index (χ0v) is 13.4. The number of thiophene rings is 1. The van der Waals surface area contributed by atoms with E-state index in [0.717, 1.165) is 37.7 Å². The van der Waals surface area contributed by atoms with Crippen molar-refractivity contribution < 1.29 is 4.79 Å². The summed E-state index contributed by atoms with van der Waals surface area (Å²) in [7, 11) is 0. The van der Waals surface area contributed by atoms with Crippen molar-refractivity contribution >= 4 is 27.9 Å². The molecule has 2 heterocycles. The lowest BCUT2D eigenvalue weighted by atomic mass is 10.3. The minimum atomic E-state index is -0.117. The maximum atomic E-state index is 12.0. The molecule has 0 aliphatic carbocycles. The van der Waals surface area contributed by atoms with E-state index in [9.17, 15) is 4.79 Å². The van der Waals surface area contributed by atoms with E-state index >= 15 is 0 Å². The van der Waals surface area contributed by atoms with Gasteiger partial charge in [-0.1, -0.05) is 13.0 Å². The Labute approximate surface area is 130 Å². The number of anilines is 2. The minimum absolute atomic E-state index is 0.117. The number of carbonyl (C=O) groups is 1. The third-order valence-electron chi connectivity index (χ3n) is 3.58. The molecule has 0 aromatic carbocycles. The van der Waals surface area contributed by atoms with Crippen LogP contribution in [0.1, 0.15) is 23.0 Å². The fourth-order valence-corrected chi connectivity index (χ4v) is 3.53. The van der Waals surface area contributed by atoms with E-state index < -0.39 is 0 Å². The highest BCUT2D eigenvalue weighted by Crippen LogP contribution is 2.32. The van der Waals surface area contributed by atoms with Gasteiger partial charge in [-0.05, 0) is 19.0 Å². The summed E-state index contributed by atoms with van der Waals surface area (Å²) < 4.78 is 0. The normalized spacial score (nSPS) is 16.0. The summed E-state index contributed by atoms with van der Waals surface area (Å²) in [6.45, 7) is 11.6. The molecule has 21 heavy (non-hydrogen) atoms. The van der Waals surface area contributed by atoms with Gasteiger partial charge in [0.1, 0.15) is 4.88 Å². The van der Waals surface area contributed by atoms with E-state index in [2.05, 4.69) is 28.6 Å². The molecule has 0 saturated carbocycles. The Morgan fingerprint density at radius 1 is 1.48 bits per heavy atom. The highest BCUT2D eigenvalue weighted by atomic mass is 32.1. The molecular formula is C15H24N4OS. The molecule has 3 N–H and O–H groups in total. The highest BCUT2D eigenvalue weighted by Gasteiger charge is 2.21. The van der Waals surface area contributed by atoms with Crippen LogP contribution in [0.3, 0.4) is 0 Å². The molecule has 6 heteroatoms. The van der Waals surface area contributed by atoms with E-state index in [0.29, 0.717) is 17.1 Å². The number of amides is 1. The first-order chi connectivity index (χ1) is 10.2. The summed E-state index contributed by atoms with van der Waals surface area (Å²) in [6.07, 6.45) is 2.86. The molecule has 1 aromatic rings. The summed E-state index contributed by atoms with van der Waals surface area (Å²) >= 11 is 1.48. The summed E-state index contributed by atoms with van der Waals surface area (Å²) in [5, 5.41) is 3.87. The molecule has 0 radical (unpaired) electrons. The first-order valence-corrected chi connectivity index (χ1v) is 8.23. The van der Waals surface area contributed by atoms with Gasteiger partial charge in [0, 0.05) is 32.7 Å². The number of nitrogens with one attached hydrogen (secondary N) is 1. The molecule has 1 saturated heterocycles. The molecule has 0 unspecified atom stereocenters. The van der Waals surface area contributed by atoms with Crippen LogP contribution in [0, 0.1) is 0 Å². The first kappa shape index (κ1) is 15.9. The van der Waals surface area contributed by atoms with Gasteiger partial charge in [-0.3, -0.25) is 9.69 Å². The summed E-state index contributed by atoms with van der Waals surface area (Å²) in [5.41, 5.74) is 6.54. The van der Waals surface area contributed by atoms with Crippen LogP contribution >= 0.6 is 11.3 Å². The lowest BCUT2D eigenvalue weighted by molar-refractivity contribution is 0.0963. The fraction of sp³-hybridized carbons (Fsp3) is 0.533. The highest BCUT2D eigenvalue weighted by molar-refractivity contribution is 7.18. The molecule has 116 valence electrons. The predicted molar refractivity (Wildman–Crippen MR) is 90.2 cm³/mol. The summed E-state index contributed by atoms with van der Waals surface area (Å²) in [5.74, 6) is -0.117. The van der Waals surface area contributed by atoms with Crippen molar-refractivity contribution in [2.45, 2.75) is 13.3 Å². The van der Waals surface area contributed by atoms with E-state index in [1.165, 1.54) is 17.8 Å². The molecule has 1 aromatic heterocycles. The van der Waals surface area contributed by atoms with Gasteiger partial charge < -0.3 is 16.0 Å². The number of piperazine rings is 1. The second-order valence-corrected chi connectivity index (χ2v) is 6.23. The van der Waals surface area contributed by atoms with Crippen molar-refractivity contribution in [1.82, 2.24) is 10.2 Å². The predicted octanol–water partition coefficient (Wildman–Crippen LogP) is 1.78. The topological polar surface area (TPSA) is 61.6 Å². The van der Waals surface area contributed by atoms with Crippen molar-refractivity contribution in [3.63, 3.8) is 0 Å². The van der Waals surface area contributed by atoms with E-state index in [-0.39, 0.29) is 5.91 Å². The van der Waals surface area contributed by atoms with Gasteiger partial charge in [-0.2, -0.15) is 0 Å². The number of hydrogen-bond acceptors (Lipinski definition) is 5. The number of rotatable bonds is 6. The molecule has 1 aliphatic heterocycles. The maximum Gasteiger partial charge on any atom is 0.263 e. The van der Waals surface area contributed by atoms with E-state index in [1.807, 2.05) is 6.07 Å². The Kier molecular flexibility index (Phi) is 5.64. The summed E-state index contributed by atoms with van der Waals surface area (Å²) in [6, 6.07) is 1.92. The molecule has 0 spiro atoms. The van der Waals surface area contributed by atoms with E-state index in [1.54, 1.807) is 6.08 Å². The molecule has 5 nitrogen and oxygen atoms in total. The average molecular weight is 308 g/mol. The molecule has 1 fully saturated rings. The SMILES string of the molecule is C=CCNC(=O)c1sc(N2CCN(CCC)CC2)cc1N. The number of nitrogen functional groups attached to an aromatic ring is 1. The van der Waals surface area contributed by atoms with Crippen molar-refractivity contribution in [3.05, 3.63) is 23.6 Å². The zero-order chi connectivity index (χ0) is 15.2. The monoisotopic (exact) mass is 308 g/mol. The average Bonchev–Trinajstić information content (AvgIpc) is 2.88. The van der Waals surface area contributed by atoms with Gasteiger partial charge in [-0.25, -0.2) is 0 Å². The zero-order valence-electron chi connectivity index (χ0n) is 12.6. The summed E-state index contributed by atoms with van der Waals surface area (Å²) in [4.78, 5) is 17.4. The van der Waals surface area contributed by atoms with Gasteiger partial charge >= 0.3 is 0 Å². The van der Waals surface area contributed by atoms with Crippen LogP contribution in [0.5, 0.6) is 0 Å². The second kappa shape index (κ2) is 7.47.